The van der Waals surface area contributed by atoms with Gasteiger partial charge in [0, 0.05) is 16.4 Å². The molecule has 6 heteroatoms. The minimum Gasteiger partial charge on any atom is -0.495 e. The highest BCUT2D eigenvalue weighted by atomic mass is 19.1. The van der Waals surface area contributed by atoms with Crippen LogP contribution in [0.2, 0.25) is 0 Å². The minimum absolute atomic E-state index is 0.285. The molecule has 1 fully saturated rings. The number of halogens is 1. The Bertz CT molecular complexity index is 1230. The van der Waals surface area contributed by atoms with Crippen molar-refractivity contribution in [2.45, 2.75) is 24.4 Å². The van der Waals surface area contributed by atoms with Crippen molar-refractivity contribution >= 4 is 10.8 Å². The van der Waals surface area contributed by atoms with E-state index in [-0.39, 0.29) is 5.82 Å². The molecular formula is C28H29FN2O3. The highest BCUT2D eigenvalue weighted by molar-refractivity contribution is 5.96. The summed E-state index contributed by atoms with van der Waals surface area (Å²) in [5.74, 6) is 0.604. The second-order valence-electron chi connectivity index (χ2n) is 8.66. The van der Waals surface area contributed by atoms with Crippen LogP contribution in [0.1, 0.15) is 35.6 Å². The Balaban J connectivity index is 2.08. The van der Waals surface area contributed by atoms with Gasteiger partial charge in [-0.3, -0.25) is 0 Å². The van der Waals surface area contributed by atoms with Crippen LogP contribution in [0.3, 0.4) is 0 Å². The molecule has 0 aliphatic carbocycles. The maximum absolute atomic E-state index is 13.9. The maximum atomic E-state index is 13.9. The lowest BCUT2D eigenvalue weighted by atomic mass is 9.66. The molecule has 0 saturated carbocycles. The molecule has 5 nitrogen and oxygen atoms in total. The highest BCUT2D eigenvalue weighted by Gasteiger charge is 2.47. The minimum atomic E-state index is -0.526. The van der Waals surface area contributed by atoms with Crippen molar-refractivity contribution in [3.05, 3.63) is 83.9 Å². The quantitative estimate of drug-likeness (QED) is 0.421. The van der Waals surface area contributed by atoms with Gasteiger partial charge in [0.1, 0.15) is 35.1 Å². The fourth-order valence-corrected chi connectivity index (χ4v) is 5.27. The van der Waals surface area contributed by atoms with E-state index in [4.69, 9.17) is 14.2 Å². The van der Waals surface area contributed by atoms with E-state index < -0.39 is 11.5 Å². The molecule has 1 unspecified atom stereocenters. The lowest BCUT2D eigenvalue weighted by Gasteiger charge is -2.46. The number of benzene rings is 3. The number of piperidine rings is 1. The number of hydrogen-bond donors (Lipinski definition) is 0. The number of methoxy groups -OCH3 is 2. The monoisotopic (exact) mass is 460 g/mol. The van der Waals surface area contributed by atoms with Crippen molar-refractivity contribution in [1.29, 1.82) is 5.26 Å². The molecule has 0 N–H and O–H groups in total. The number of hydrogen-bond acceptors (Lipinski definition) is 5. The molecular weight excluding hydrogens is 431 g/mol. The predicted molar refractivity (Wildman–Crippen MR) is 131 cm³/mol. The molecule has 0 aromatic heterocycles. The number of ether oxygens (including phenoxy) is 3. The molecule has 176 valence electrons. The van der Waals surface area contributed by atoms with Crippen LogP contribution in [0.4, 0.5) is 4.39 Å². The summed E-state index contributed by atoms with van der Waals surface area (Å²) < 4.78 is 31.8. The lowest BCUT2D eigenvalue weighted by Crippen LogP contribution is -2.45. The lowest BCUT2D eigenvalue weighted by molar-refractivity contribution is 0.0220. The molecule has 34 heavy (non-hydrogen) atoms. The van der Waals surface area contributed by atoms with Gasteiger partial charge in [0.05, 0.1) is 20.5 Å². The largest absolute Gasteiger partial charge is 0.495 e. The van der Waals surface area contributed by atoms with Gasteiger partial charge in [0.2, 0.25) is 0 Å². The van der Waals surface area contributed by atoms with Crippen molar-refractivity contribution in [3.63, 3.8) is 0 Å². The average molecular weight is 461 g/mol. The molecule has 4 rings (SSSR count). The van der Waals surface area contributed by atoms with Crippen LogP contribution in [0.5, 0.6) is 11.5 Å². The number of likely N-dealkylation sites (tertiary alicyclic amines) is 1. The molecule has 3 aromatic rings. The summed E-state index contributed by atoms with van der Waals surface area (Å²) >= 11 is 0. The van der Waals surface area contributed by atoms with Gasteiger partial charge in [0.15, 0.2) is 0 Å². The number of fused-ring (bicyclic) bond motifs is 1. The fourth-order valence-electron chi connectivity index (χ4n) is 5.27. The molecule has 0 amide bonds. The molecule has 0 spiro atoms. The predicted octanol–water partition coefficient (Wildman–Crippen LogP) is 5.73. The van der Waals surface area contributed by atoms with Gasteiger partial charge in [-0.05, 0) is 56.1 Å². The summed E-state index contributed by atoms with van der Waals surface area (Å²) in [6.07, 6.45) is 2.47. The van der Waals surface area contributed by atoms with Gasteiger partial charge in [-0.2, -0.15) is 5.26 Å². The van der Waals surface area contributed by atoms with Crippen LogP contribution in [0.15, 0.2) is 61.4 Å². The van der Waals surface area contributed by atoms with E-state index in [0.29, 0.717) is 17.1 Å². The zero-order valence-corrected chi connectivity index (χ0v) is 19.8. The average Bonchev–Trinajstić information content (AvgIpc) is 2.87. The first-order valence-electron chi connectivity index (χ1n) is 11.3. The van der Waals surface area contributed by atoms with E-state index in [1.807, 2.05) is 36.4 Å². The van der Waals surface area contributed by atoms with Crippen molar-refractivity contribution in [2.24, 2.45) is 0 Å². The van der Waals surface area contributed by atoms with Crippen LogP contribution in [0.25, 0.3) is 10.8 Å². The SMILES string of the molecule is C=COC(c1c(OC)c(C#N)c(OC)c2ccccc12)C1(c2ccc(F)cc2)CCN(C)CC1. The van der Waals surface area contributed by atoms with Crippen LogP contribution in [-0.4, -0.2) is 39.3 Å². The second kappa shape index (κ2) is 9.74. The van der Waals surface area contributed by atoms with E-state index in [2.05, 4.69) is 24.6 Å². The van der Waals surface area contributed by atoms with Gasteiger partial charge in [-0.1, -0.05) is 43.0 Å². The van der Waals surface area contributed by atoms with Gasteiger partial charge < -0.3 is 19.1 Å². The Kier molecular flexibility index (Phi) is 6.76. The third-order valence-electron chi connectivity index (χ3n) is 6.98. The summed E-state index contributed by atoms with van der Waals surface area (Å²) in [4.78, 5) is 2.27. The zero-order chi connectivity index (χ0) is 24.3. The molecule has 0 bridgehead atoms. The van der Waals surface area contributed by atoms with Gasteiger partial charge in [-0.25, -0.2) is 4.39 Å². The number of nitrogens with zero attached hydrogens (tertiary/aromatic N) is 2. The molecule has 1 aliphatic rings. The molecule has 3 aromatic carbocycles. The second-order valence-corrected chi connectivity index (χ2v) is 8.66. The maximum Gasteiger partial charge on any atom is 0.148 e. The van der Waals surface area contributed by atoms with Gasteiger partial charge in [-0.15, -0.1) is 0 Å². The standard InChI is InChI=1S/C28H29FN2O3/c1-5-34-27(28(14-16-31(2)17-15-28)19-10-12-20(29)13-11-19)24-21-8-6-7-9-22(21)25(32-3)23(18-30)26(24)33-4/h5-13,27H,1,14-17H2,2-4H3. The molecule has 1 aliphatic heterocycles. The van der Waals surface area contributed by atoms with Crippen molar-refractivity contribution in [1.82, 2.24) is 4.90 Å². The molecule has 0 radical (unpaired) electrons. The Morgan fingerprint density at radius 2 is 1.65 bits per heavy atom. The number of rotatable bonds is 7. The first kappa shape index (κ1) is 23.6. The summed E-state index contributed by atoms with van der Waals surface area (Å²) in [5, 5.41) is 11.8. The van der Waals surface area contributed by atoms with Crippen LogP contribution >= 0.6 is 0 Å². The topological polar surface area (TPSA) is 54.7 Å². The zero-order valence-electron chi connectivity index (χ0n) is 19.8. The fraction of sp³-hybridized carbons (Fsp3) is 0.321. The summed E-state index contributed by atoms with van der Waals surface area (Å²) in [5.41, 5.74) is 1.57. The van der Waals surface area contributed by atoms with Crippen molar-refractivity contribution in [3.8, 4) is 17.6 Å². The number of nitriles is 1. The third-order valence-corrected chi connectivity index (χ3v) is 6.98. The van der Waals surface area contributed by atoms with Crippen LogP contribution in [0, 0.1) is 17.1 Å². The van der Waals surface area contributed by atoms with E-state index in [0.717, 1.165) is 47.8 Å². The first-order valence-corrected chi connectivity index (χ1v) is 11.3. The van der Waals surface area contributed by atoms with Gasteiger partial charge >= 0.3 is 0 Å². The third kappa shape index (κ3) is 3.86. The Morgan fingerprint density at radius 3 is 2.21 bits per heavy atom. The van der Waals surface area contributed by atoms with Crippen molar-refractivity contribution < 1.29 is 18.6 Å². The highest BCUT2D eigenvalue weighted by Crippen LogP contribution is 2.53. The smallest absolute Gasteiger partial charge is 0.148 e. The summed E-state index contributed by atoms with van der Waals surface area (Å²) in [6, 6.07) is 16.7. The van der Waals surface area contributed by atoms with E-state index in [1.165, 1.54) is 18.4 Å². The summed E-state index contributed by atoms with van der Waals surface area (Å²) in [6.45, 7) is 5.55. The van der Waals surface area contributed by atoms with E-state index >= 15 is 0 Å². The van der Waals surface area contributed by atoms with E-state index in [1.54, 1.807) is 14.2 Å². The van der Waals surface area contributed by atoms with Crippen LogP contribution in [-0.2, 0) is 10.2 Å². The Hall–Kier alpha value is -3.56. The normalized spacial score (nSPS) is 16.4. The summed E-state index contributed by atoms with van der Waals surface area (Å²) in [7, 11) is 5.20. The van der Waals surface area contributed by atoms with E-state index in [9.17, 15) is 9.65 Å². The Labute approximate surface area is 200 Å². The van der Waals surface area contributed by atoms with Gasteiger partial charge in [0.25, 0.3) is 0 Å². The van der Waals surface area contributed by atoms with Crippen LogP contribution < -0.4 is 9.47 Å². The first-order chi connectivity index (χ1) is 16.5. The molecule has 1 heterocycles. The molecule has 1 atom stereocenters. The van der Waals surface area contributed by atoms with Crippen molar-refractivity contribution in [2.75, 3.05) is 34.4 Å². The molecule has 1 saturated heterocycles. The Morgan fingerprint density at radius 1 is 1.03 bits per heavy atom.